The van der Waals surface area contributed by atoms with Crippen LogP contribution in [0.2, 0.25) is 0 Å². The molecule has 1 aliphatic rings. The molecule has 4 nitrogen and oxygen atoms in total. The molecule has 6 heteroatoms. The normalized spacial score (nSPS) is 15.6. The fourth-order valence-corrected chi connectivity index (χ4v) is 1.85. The number of carbonyl (C=O) groups is 1. The minimum atomic E-state index is -0.311. The van der Waals surface area contributed by atoms with Crippen LogP contribution in [0.4, 0.5) is 14.9 Å². The number of carbonyl (C=O) groups excluding carboxylic acids is 1. The van der Waals surface area contributed by atoms with Crippen LogP contribution in [-0.4, -0.2) is 25.2 Å². The summed E-state index contributed by atoms with van der Waals surface area (Å²) in [6.45, 7) is 1.86. The second-order valence-electron chi connectivity index (χ2n) is 4.13. The molecule has 100 valence electrons. The van der Waals surface area contributed by atoms with Gasteiger partial charge in [-0.15, -0.1) is 12.4 Å². The standard InChI is InChI=1S/C12H16FN3O.ClH/c13-9-1-3-10(4-2-9)15-12(17)16-11-5-7-14-8-6-11;/h1-4,11,14H,5-8H2,(H2,15,16,17);1H. The Labute approximate surface area is 112 Å². The number of anilines is 1. The molecule has 18 heavy (non-hydrogen) atoms. The lowest BCUT2D eigenvalue weighted by Crippen LogP contribution is -2.44. The van der Waals surface area contributed by atoms with Gasteiger partial charge in [0.2, 0.25) is 0 Å². The molecule has 0 spiro atoms. The zero-order valence-electron chi connectivity index (χ0n) is 9.91. The van der Waals surface area contributed by atoms with E-state index < -0.39 is 0 Å². The average Bonchev–Trinajstić information content (AvgIpc) is 2.33. The number of benzene rings is 1. The van der Waals surface area contributed by atoms with Crippen molar-refractivity contribution in [3.05, 3.63) is 30.1 Å². The summed E-state index contributed by atoms with van der Waals surface area (Å²) in [7, 11) is 0. The van der Waals surface area contributed by atoms with Crippen LogP contribution in [-0.2, 0) is 0 Å². The lowest BCUT2D eigenvalue weighted by molar-refractivity contribution is 0.245. The molecule has 1 heterocycles. The Balaban J connectivity index is 0.00000162. The minimum Gasteiger partial charge on any atom is -0.335 e. The molecule has 0 atom stereocenters. The highest BCUT2D eigenvalue weighted by molar-refractivity contribution is 5.89. The van der Waals surface area contributed by atoms with Gasteiger partial charge in [0.1, 0.15) is 5.82 Å². The lowest BCUT2D eigenvalue weighted by Gasteiger charge is -2.23. The molecule has 0 aliphatic carbocycles. The van der Waals surface area contributed by atoms with Gasteiger partial charge in [0.05, 0.1) is 0 Å². The first-order valence-corrected chi connectivity index (χ1v) is 5.78. The first-order chi connectivity index (χ1) is 8.24. The molecule has 0 radical (unpaired) electrons. The number of hydrogen-bond donors (Lipinski definition) is 3. The van der Waals surface area contributed by atoms with E-state index in [4.69, 9.17) is 0 Å². The highest BCUT2D eigenvalue weighted by Gasteiger charge is 2.14. The first-order valence-electron chi connectivity index (χ1n) is 5.78. The molecule has 2 rings (SSSR count). The van der Waals surface area contributed by atoms with Crippen molar-refractivity contribution in [2.45, 2.75) is 18.9 Å². The smallest absolute Gasteiger partial charge is 0.319 e. The molecular weight excluding hydrogens is 257 g/mol. The van der Waals surface area contributed by atoms with Gasteiger partial charge in [-0.2, -0.15) is 0 Å². The van der Waals surface area contributed by atoms with Gasteiger partial charge in [-0.1, -0.05) is 0 Å². The Bertz CT molecular complexity index is 379. The Morgan fingerprint density at radius 3 is 2.44 bits per heavy atom. The van der Waals surface area contributed by atoms with Crippen molar-refractivity contribution in [1.29, 1.82) is 0 Å². The van der Waals surface area contributed by atoms with Crippen LogP contribution in [0.15, 0.2) is 24.3 Å². The Kier molecular flexibility index (Phi) is 5.88. The van der Waals surface area contributed by atoms with Crippen molar-refractivity contribution in [2.24, 2.45) is 0 Å². The average molecular weight is 274 g/mol. The van der Waals surface area contributed by atoms with Crippen LogP contribution >= 0.6 is 12.4 Å². The fraction of sp³-hybridized carbons (Fsp3) is 0.417. The predicted octanol–water partition coefficient (Wildman–Crippen LogP) is 2.12. The number of amides is 2. The summed E-state index contributed by atoms with van der Waals surface area (Å²) >= 11 is 0. The number of piperidine rings is 1. The summed E-state index contributed by atoms with van der Waals surface area (Å²) < 4.78 is 12.7. The van der Waals surface area contributed by atoms with Crippen LogP contribution in [0.25, 0.3) is 0 Å². The number of halogens is 2. The summed E-state index contributed by atoms with van der Waals surface area (Å²) in [5.41, 5.74) is 0.595. The number of hydrogen-bond acceptors (Lipinski definition) is 2. The van der Waals surface area contributed by atoms with E-state index in [9.17, 15) is 9.18 Å². The SMILES string of the molecule is Cl.O=C(Nc1ccc(F)cc1)NC1CCNCC1. The Hall–Kier alpha value is -1.33. The molecule has 1 saturated heterocycles. The van der Waals surface area contributed by atoms with Gasteiger partial charge in [0.15, 0.2) is 0 Å². The highest BCUT2D eigenvalue weighted by Crippen LogP contribution is 2.08. The fourth-order valence-electron chi connectivity index (χ4n) is 1.85. The molecule has 1 aliphatic heterocycles. The van der Waals surface area contributed by atoms with E-state index in [1.165, 1.54) is 24.3 Å². The largest absolute Gasteiger partial charge is 0.335 e. The van der Waals surface area contributed by atoms with E-state index >= 15 is 0 Å². The molecule has 2 amide bonds. The van der Waals surface area contributed by atoms with E-state index in [2.05, 4.69) is 16.0 Å². The van der Waals surface area contributed by atoms with Crippen molar-refractivity contribution in [3.63, 3.8) is 0 Å². The summed E-state index contributed by atoms with van der Waals surface area (Å²) in [5, 5.41) is 8.81. The second-order valence-corrected chi connectivity index (χ2v) is 4.13. The number of nitrogens with one attached hydrogen (secondary N) is 3. The molecule has 0 saturated carbocycles. The zero-order chi connectivity index (χ0) is 12.1. The predicted molar refractivity (Wildman–Crippen MR) is 71.7 cm³/mol. The number of urea groups is 1. The van der Waals surface area contributed by atoms with Gasteiger partial charge >= 0.3 is 6.03 Å². The third-order valence-electron chi connectivity index (χ3n) is 2.78. The van der Waals surface area contributed by atoms with E-state index in [-0.39, 0.29) is 30.3 Å². The first kappa shape index (κ1) is 14.7. The highest BCUT2D eigenvalue weighted by atomic mass is 35.5. The minimum absolute atomic E-state index is 0. The maximum absolute atomic E-state index is 12.7. The van der Waals surface area contributed by atoms with Crippen LogP contribution in [0.5, 0.6) is 0 Å². The molecule has 0 bridgehead atoms. The van der Waals surface area contributed by atoms with E-state index in [0.29, 0.717) is 5.69 Å². The lowest BCUT2D eigenvalue weighted by atomic mass is 10.1. The third kappa shape index (κ3) is 4.50. The van der Waals surface area contributed by atoms with Gasteiger partial charge in [-0.05, 0) is 50.2 Å². The summed E-state index contributed by atoms with van der Waals surface area (Å²) in [6, 6.07) is 5.70. The van der Waals surface area contributed by atoms with Gasteiger partial charge in [0.25, 0.3) is 0 Å². The van der Waals surface area contributed by atoms with E-state index in [1.807, 2.05) is 0 Å². The Morgan fingerprint density at radius 1 is 1.22 bits per heavy atom. The molecule has 1 aromatic rings. The van der Waals surface area contributed by atoms with Crippen LogP contribution < -0.4 is 16.0 Å². The van der Waals surface area contributed by atoms with E-state index in [0.717, 1.165) is 25.9 Å². The Morgan fingerprint density at radius 2 is 1.83 bits per heavy atom. The van der Waals surface area contributed by atoms with Crippen molar-refractivity contribution < 1.29 is 9.18 Å². The van der Waals surface area contributed by atoms with Gasteiger partial charge in [-0.25, -0.2) is 9.18 Å². The maximum atomic E-state index is 12.7. The zero-order valence-corrected chi connectivity index (χ0v) is 10.7. The van der Waals surface area contributed by atoms with Crippen molar-refractivity contribution in [3.8, 4) is 0 Å². The van der Waals surface area contributed by atoms with Crippen LogP contribution in [0, 0.1) is 5.82 Å². The molecule has 3 N–H and O–H groups in total. The summed E-state index contributed by atoms with van der Waals surface area (Å²) in [5.74, 6) is -0.311. The van der Waals surface area contributed by atoms with Crippen molar-refractivity contribution >= 4 is 24.1 Å². The summed E-state index contributed by atoms with van der Waals surface area (Å²) in [6.07, 6.45) is 1.88. The van der Waals surface area contributed by atoms with Gasteiger partial charge in [-0.3, -0.25) is 0 Å². The van der Waals surface area contributed by atoms with Crippen molar-refractivity contribution in [1.82, 2.24) is 10.6 Å². The third-order valence-corrected chi connectivity index (χ3v) is 2.78. The molecule has 0 unspecified atom stereocenters. The topological polar surface area (TPSA) is 53.2 Å². The maximum Gasteiger partial charge on any atom is 0.319 e. The summed E-state index contributed by atoms with van der Waals surface area (Å²) in [4.78, 5) is 11.6. The van der Waals surface area contributed by atoms with Crippen molar-refractivity contribution in [2.75, 3.05) is 18.4 Å². The van der Waals surface area contributed by atoms with Crippen LogP contribution in [0.3, 0.4) is 0 Å². The van der Waals surface area contributed by atoms with E-state index in [1.54, 1.807) is 0 Å². The molecule has 1 aromatic carbocycles. The molecule has 1 fully saturated rings. The molecular formula is C12H17ClFN3O. The van der Waals surface area contributed by atoms with Gasteiger partial charge < -0.3 is 16.0 Å². The second kappa shape index (κ2) is 7.18. The number of rotatable bonds is 2. The van der Waals surface area contributed by atoms with Gasteiger partial charge in [0, 0.05) is 11.7 Å². The van der Waals surface area contributed by atoms with Crippen LogP contribution in [0.1, 0.15) is 12.8 Å². The monoisotopic (exact) mass is 273 g/mol. The molecule has 0 aromatic heterocycles. The quantitative estimate of drug-likeness (QED) is 0.773.